The number of primary amides is 1. The molecule has 0 aliphatic heterocycles. The van der Waals surface area contributed by atoms with Crippen molar-refractivity contribution in [3.63, 3.8) is 0 Å². The Morgan fingerprint density at radius 3 is 2.36 bits per heavy atom. The first-order chi connectivity index (χ1) is 11.6. The molecule has 0 radical (unpaired) electrons. The Morgan fingerprint density at radius 2 is 1.84 bits per heavy atom. The number of hydrogen-bond acceptors (Lipinski definition) is 3. The summed E-state index contributed by atoms with van der Waals surface area (Å²) >= 11 is 0. The van der Waals surface area contributed by atoms with Crippen molar-refractivity contribution in [1.29, 1.82) is 0 Å². The molecule has 0 saturated carbocycles. The van der Waals surface area contributed by atoms with Gasteiger partial charge < -0.3 is 15.6 Å². The molecule has 0 atom stereocenters. The van der Waals surface area contributed by atoms with Crippen LogP contribution >= 0.6 is 0 Å². The number of carbonyl (C=O) groups is 2. The topological polar surface area (TPSA) is 92.9 Å². The third-order valence-electron chi connectivity index (χ3n) is 3.32. The Labute approximate surface area is 140 Å². The number of amides is 2. The summed E-state index contributed by atoms with van der Waals surface area (Å²) in [7, 11) is 1.22. The van der Waals surface area contributed by atoms with Crippen molar-refractivity contribution in [1.82, 2.24) is 0 Å². The first-order valence-corrected chi connectivity index (χ1v) is 6.83. The lowest BCUT2D eigenvalue weighted by molar-refractivity contribution is -0.137. The summed E-state index contributed by atoms with van der Waals surface area (Å²) in [5.74, 6) is -1.30. The minimum atomic E-state index is -4.65. The number of benzene rings is 2. The van der Waals surface area contributed by atoms with Gasteiger partial charge in [0, 0.05) is 0 Å². The lowest BCUT2D eigenvalue weighted by Crippen LogP contribution is -2.32. The fourth-order valence-electron chi connectivity index (χ4n) is 2.20. The monoisotopic (exact) mass is 354 g/mol. The molecule has 0 bridgehead atoms. The summed E-state index contributed by atoms with van der Waals surface area (Å²) in [4.78, 5) is 23.7. The molecule has 2 amide bonds. The van der Waals surface area contributed by atoms with Gasteiger partial charge >= 0.3 is 18.2 Å². The smallest absolute Gasteiger partial charge is 0.416 e. The first kappa shape index (κ1) is 18.1. The summed E-state index contributed by atoms with van der Waals surface area (Å²) in [6, 6.07) is 6.54. The van der Waals surface area contributed by atoms with Crippen LogP contribution in [0, 0.1) is 0 Å². The minimum Gasteiger partial charge on any atom is -0.495 e. The summed E-state index contributed by atoms with van der Waals surface area (Å²) in [5, 5.41) is 9.04. The molecule has 0 spiro atoms. The number of anilines is 2. The van der Waals surface area contributed by atoms with E-state index in [2.05, 4.69) is 0 Å². The molecule has 3 N–H and O–H groups in total. The maximum atomic E-state index is 13.0. The van der Waals surface area contributed by atoms with Crippen LogP contribution in [0.25, 0.3) is 0 Å². The number of aromatic carboxylic acids is 1. The highest BCUT2D eigenvalue weighted by Crippen LogP contribution is 2.39. The molecular weight excluding hydrogens is 341 g/mol. The van der Waals surface area contributed by atoms with Gasteiger partial charge in [0.25, 0.3) is 0 Å². The van der Waals surface area contributed by atoms with Crippen LogP contribution in [0.1, 0.15) is 15.9 Å². The van der Waals surface area contributed by atoms with E-state index in [0.29, 0.717) is 6.07 Å². The highest BCUT2D eigenvalue weighted by Gasteiger charge is 2.32. The summed E-state index contributed by atoms with van der Waals surface area (Å²) in [5.41, 5.74) is 3.88. The largest absolute Gasteiger partial charge is 0.495 e. The molecule has 0 aliphatic rings. The van der Waals surface area contributed by atoms with Crippen LogP contribution < -0.4 is 15.4 Å². The molecule has 0 saturated heterocycles. The number of carboxylic acids is 1. The second-order valence-corrected chi connectivity index (χ2v) is 4.91. The predicted octanol–water partition coefficient (Wildman–Crippen LogP) is 3.63. The van der Waals surface area contributed by atoms with Gasteiger partial charge in [-0.15, -0.1) is 0 Å². The predicted molar refractivity (Wildman–Crippen MR) is 83.1 cm³/mol. The van der Waals surface area contributed by atoms with Gasteiger partial charge in [-0.25, -0.2) is 9.59 Å². The zero-order valence-corrected chi connectivity index (χ0v) is 12.9. The molecule has 0 unspecified atom stereocenters. The summed E-state index contributed by atoms with van der Waals surface area (Å²) in [6.45, 7) is 0. The number of alkyl halides is 3. The van der Waals surface area contributed by atoms with E-state index in [9.17, 15) is 22.8 Å². The Hall–Kier alpha value is -3.23. The standard InChI is InChI=1S/C16H13F3N2O4/c1-25-13-6-5-10(16(17,18)19)8-12(13)21(15(20)24)11-4-2-3-9(7-11)14(22)23/h2-8H,1H3,(H2,20,24)(H,22,23). The Balaban J connectivity index is 2.67. The highest BCUT2D eigenvalue weighted by molar-refractivity contribution is 6.01. The molecule has 6 nitrogen and oxygen atoms in total. The molecule has 0 fully saturated rings. The summed E-state index contributed by atoms with van der Waals surface area (Å²) < 4.78 is 44.0. The highest BCUT2D eigenvalue weighted by atomic mass is 19.4. The molecule has 0 aromatic heterocycles. The number of nitrogens with zero attached hydrogens (tertiary/aromatic N) is 1. The molecular formula is C16H13F3N2O4. The Morgan fingerprint density at radius 1 is 1.16 bits per heavy atom. The molecule has 132 valence electrons. The van der Waals surface area contributed by atoms with E-state index >= 15 is 0 Å². The normalized spacial score (nSPS) is 11.0. The molecule has 25 heavy (non-hydrogen) atoms. The third-order valence-corrected chi connectivity index (χ3v) is 3.32. The number of urea groups is 1. The van der Waals surface area contributed by atoms with Gasteiger partial charge in [-0.05, 0) is 36.4 Å². The van der Waals surface area contributed by atoms with Crippen LogP contribution in [-0.4, -0.2) is 24.2 Å². The van der Waals surface area contributed by atoms with Crippen molar-refractivity contribution in [3.05, 3.63) is 53.6 Å². The minimum absolute atomic E-state index is 0.00924. The van der Waals surface area contributed by atoms with E-state index in [-0.39, 0.29) is 22.7 Å². The van der Waals surface area contributed by atoms with E-state index < -0.39 is 23.7 Å². The van der Waals surface area contributed by atoms with Crippen LogP contribution in [0.4, 0.5) is 29.3 Å². The Kier molecular flexibility index (Phi) is 4.87. The van der Waals surface area contributed by atoms with E-state index in [4.69, 9.17) is 15.6 Å². The lowest BCUT2D eigenvalue weighted by atomic mass is 10.1. The Bertz CT molecular complexity index is 821. The number of ether oxygens (including phenoxy) is 1. The molecule has 2 aromatic rings. The SMILES string of the molecule is COc1ccc(C(F)(F)F)cc1N(C(N)=O)c1cccc(C(=O)O)c1. The number of methoxy groups -OCH3 is 1. The van der Waals surface area contributed by atoms with Crippen LogP contribution in [0.15, 0.2) is 42.5 Å². The molecule has 2 aromatic carbocycles. The zero-order chi connectivity index (χ0) is 18.8. The average Bonchev–Trinajstić information content (AvgIpc) is 2.54. The third kappa shape index (κ3) is 3.82. The van der Waals surface area contributed by atoms with Crippen molar-refractivity contribution >= 4 is 23.4 Å². The van der Waals surface area contributed by atoms with Crippen molar-refractivity contribution in [3.8, 4) is 5.75 Å². The van der Waals surface area contributed by atoms with Gasteiger partial charge in [-0.2, -0.15) is 13.2 Å². The van der Waals surface area contributed by atoms with Gasteiger partial charge in [0.15, 0.2) is 0 Å². The van der Waals surface area contributed by atoms with E-state index in [1.165, 1.54) is 25.3 Å². The lowest BCUT2D eigenvalue weighted by Gasteiger charge is -2.24. The second-order valence-electron chi connectivity index (χ2n) is 4.91. The van der Waals surface area contributed by atoms with Crippen LogP contribution in [0.3, 0.4) is 0 Å². The van der Waals surface area contributed by atoms with E-state index in [0.717, 1.165) is 23.1 Å². The van der Waals surface area contributed by atoms with Gasteiger partial charge in [0.2, 0.25) is 0 Å². The maximum Gasteiger partial charge on any atom is 0.416 e. The zero-order valence-electron chi connectivity index (χ0n) is 12.9. The second kappa shape index (κ2) is 6.71. The first-order valence-electron chi connectivity index (χ1n) is 6.83. The average molecular weight is 354 g/mol. The van der Waals surface area contributed by atoms with Crippen molar-refractivity contribution in [2.24, 2.45) is 5.73 Å². The maximum absolute atomic E-state index is 13.0. The molecule has 2 rings (SSSR count). The van der Waals surface area contributed by atoms with Crippen LogP contribution in [0.5, 0.6) is 5.75 Å². The molecule has 0 heterocycles. The van der Waals surface area contributed by atoms with Crippen LogP contribution in [-0.2, 0) is 6.18 Å². The number of halogens is 3. The van der Waals surface area contributed by atoms with Crippen molar-refractivity contribution in [2.45, 2.75) is 6.18 Å². The van der Waals surface area contributed by atoms with Gasteiger partial charge in [0.1, 0.15) is 5.75 Å². The van der Waals surface area contributed by atoms with E-state index in [1.807, 2.05) is 0 Å². The van der Waals surface area contributed by atoms with E-state index in [1.54, 1.807) is 0 Å². The number of hydrogen-bond donors (Lipinski definition) is 2. The fraction of sp³-hybridized carbons (Fsp3) is 0.125. The van der Waals surface area contributed by atoms with Gasteiger partial charge in [-0.1, -0.05) is 6.07 Å². The van der Waals surface area contributed by atoms with Gasteiger partial charge in [0.05, 0.1) is 29.6 Å². The number of carboxylic acid groups (broad SMARTS) is 1. The fourth-order valence-corrected chi connectivity index (χ4v) is 2.20. The number of carbonyl (C=O) groups excluding carboxylic acids is 1. The van der Waals surface area contributed by atoms with Gasteiger partial charge in [-0.3, -0.25) is 4.90 Å². The molecule has 9 heteroatoms. The summed E-state index contributed by atoms with van der Waals surface area (Å²) in [6.07, 6.45) is -4.65. The quantitative estimate of drug-likeness (QED) is 0.877. The number of nitrogens with two attached hydrogens (primary N) is 1. The number of rotatable bonds is 4. The molecule has 0 aliphatic carbocycles. The van der Waals surface area contributed by atoms with Crippen LogP contribution in [0.2, 0.25) is 0 Å². The van der Waals surface area contributed by atoms with Crippen molar-refractivity contribution in [2.75, 3.05) is 12.0 Å². The van der Waals surface area contributed by atoms with Crippen molar-refractivity contribution < 1.29 is 32.6 Å².